The number of allylic oxidation sites excluding steroid dienone is 1. The molecular weight excluding hydrogens is 322 g/mol. The quantitative estimate of drug-likeness (QED) is 0.491. The first-order valence-corrected chi connectivity index (χ1v) is 10.2. The molecule has 2 aliphatic carbocycles. The minimum absolute atomic E-state index is 0.00931. The van der Waals surface area contributed by atoms with Crippen LogP contribution in [-0.4, -0.2) is 25.2 Å². The summed E-state index contributed by atoms with van der Waals surface area (Å²) in [6.07, 6.45) is 6.86. The van der Waals surface area contributed by atoms with Gasteiger partial charge in [0.1, 0.15) is 6.10 Å². The smallest absolute Gasteiger partial charge is 0.310 e. The van der Waals surface area contributed by atoms with Crippen LogP contribution in [0.2, 0.25) is 0 Å². The lowest BCUT2D eigenvalue weighted by Gasteiger charge is -2.50. The summed E-state index contributed by atoms with van der Waals surface area (Å²) < 4.78 is 5.83. The number of ether oxygens (including phenoxy) is 1. The van der Waals surface area contributed by atoms with Crippen molar-refractivity contribution in [1.29, 1.82) is 0 Å². The van der Waals surface area contributed by atoms with Crippen LogP contribution in [0, 0.1) is 23.2 Å². The van der Waals surface area contributed by atoms with Gasteiger partial charge in [0.15, 0.2) is 0 Å². The Balaban J connectivity index is 1.36. The number of esters is 1. The summed E-state index contributed by atoms with van der Waals surface area (Å²) >= 11 is 0. The number of hydrogen-bond acceptors (Lipinski definition) is 3. The third-order valence-corrected chi connectivity index (χ3v) is 7.12. The van der Waals surface area contributed by atoms with Crippen molar-refractivity contribution in [2.45, 2.75) is 51.6 Å². The van der Waals surface area contributed by atoms with Crippen molar-refractivity contribution in [2.75, 3.05) is 13.1 Å². The summed E-state index contributed by atoms with van der Waals surface area (Å²) in [6, 6.07) is 10.5. The third kappa shape index (κ3) is 3.34. The molecule has 3 fully saturated rings. The Labute approximate surface area is 157 Å². The number of carbonyl (C=O) groups is 1. The molecule has 1 heterocycles. The number of fused-ring (bicyclic) bond motifs is 2. The minimum Gasteiger partial charge on any atom is -0.462 e. The summed E-state index contributed by atoms with van der Waals surface area (Å²) in [7, 11) is 0. The summed E-state index contributed by atoms with van der Waals surface area (Å²) in [5, 5.41) is 3.51. The molecule has 3 aliphatic rings. The highest BCUT2D eigenvalue weighted by molar-refractivity contribution is 5.75. The van der Waals surface area contributed by atoms with Crippen LogP contribution in [-0.2, 0) is 16.0 Å². The van der Waals surface area contributed by atoms with Crippen molar-refractivity contribution in [3.8, 4) is 0 Å². The SMILES string of the molecule is C=C1CCC[C@]2(C)C[C@H]3OC(=O)[C@H](CNCCc4ccccc4)[C@H]3C[C@H]12. The van der Waals surface area contributed by atoms with E-state index in [0.717, 1.165) is 38.8 Å². The van der Waals surface area contributed by atoms with E-state index in [1.54, 1.807) is 0 Å². The van der Waals surface area contributed by atoms with Gasteiger partial charge in [0, 0.05) is 12.5 Å². The molecule has 1 aromatic carbocycles. The van der Waals surface area contributed by atoms with E-state index in [2.05, 4.69) is 43.1 Å². The van der Waals surface area contributed by atoms with E-state index in [1.807, 2.05) is 6.07 Å². The largest absolute Gasteiger partial charge is 0.462 e. The minimum atomic E-state index is 0.00931. The predicted molar refractivity (Wildman–Crippen MR) is 104 cm³/mol. The average molecular weight is 354 g/mol. The Hall–Kier alpha value is -1.61. The molecule has 3 nitrogen and oxygen atoms in total. The Kier molecular flexibility index (Phi) is 4.92. The highest BCUT2D eigenvalue weighted by Gasteiger charge is 2.54. The van der Waals surface area contributed by atoms with Gasteiger partial charge in [0.2, 0.25) is 0 Å². The van der Waals surface area contributed by atoms with E-state index in [0.29, 0.717) is 11.8 Å². The second-order valence-corrected chi connectivity index (χ2v) is 8.84. The van der Waals surface area contributed by atoms with Crippen LogP contribution < -0.4 is 5.32 Å². The molecule has 3 heteroatoms. The fraction of sp³-hybridized carbons (Fsp3) is 0.609. The molecule has 1 aliphatic heterocycles. The van der Waals surface area contributed by atoms with Crippen molar-refractivity contribution in [3.05, 3.63) is 48.0 Å². The molecule has 0 radical (unpaired) electrons. The lowest BCUT2D eigenvalue weighted by molar-refractivity contribution is -0.146. The van der Waals surface area contributed by atoms with Crippen molar-refractivity contribution in [3.63, 3.8) is 0 Å². The van der Waals surface area contributed by atoms with Gasteiger partial charge in [-0.05, 0) is 62.0 Å². The Morgan fingerprint density at radius 2 is 2.12 bits per heavy atom. The first-order chi connectivity index (χ1) is 12.6. The number of carbonyl (C=O) groups excluding carboxylic acids is 1. The van der Waals surface area contributed by atoms with E-state index < -0.39 is 0 Å². The number of nitrogens with one attached hydrogen (secondary N) is 1. The summed E-state index contributed by atoms with van der Waals surface area (Å²) in [6.45, 7) is 8.40. The van der Waals surface area contributed by atoms with Gasteiger partial charge in [-0.2, -0.15) is 0 Å². The Bertz CT molecular complexity index is 670. The molecule has 0 unspecified atom stereocenters. The highest BCUT2D eigenvalue weighted by atomic mass is 16.6. The molecule has 2 saturated carbocycles. The van der Waals surface area contributed by atoms with Crippen molar-refractivity contribution >= 4 is 5.97 Å². The third-order valence-electron chi connectivity index (χ3n) is 7.12. The molecule has 5 atom stereocenters. The lowest BCUT2D eigenvalue weighted by Crippen LogP contribution is -2.45. The molecule has 26 heavy (non-hydrogen) atoms. The summed E-state index contributed by atoms with van der Waals surface area (Å²) in [5.74, 6) is 0.952. The molecule has 0 spiro atoms. The predicted octanol–water partition coefficient (Wildman–Crippen LogP) is 4.13. The van der Waals surface area contributed by atoms with Crippen LogP contribution in [0.15, 0.2) is 42.5 Å². The number of hydrogen-bond donors (Lipinski definition) is 1. The molecule has 1 aromatic rings. The monoisotopic (exact) mass is 353 g/mol. The topological polar surface area (TPSA) is 38.3 Å². The second kappa shape index (κ2) is 7.19. The number of rotatable bonds is 5. The maximum absolute atomic E-state index is 12.5. The zero-order valence-electron chi connectivity index (χ0n) is 15.9. The first-order valence-electron chi connectivity index (χ1n) is 10.2. The maximum atomic E-state index is 12.5. The van der Waals surface area contributed by atoms with Gasteiger partial charge in [0.25, 0.3) is 0 Å². The molecule has 0 aromatic heterocycles. The van der Waals surface area contributed by atoms with Crippen LogP contribution >= 0.6 is 0 Å². The van der Waals surface area contributed by atoms with E-state index in [9.17, 15) is 4.79 Å². The van der Waals surface area contributed by atoms with Gasteiger partial charge in [0.05, 0.1) is 5.92 Å². The molecule has 1 N–H and O–H groups in total. The molecule has 0 amide bonds. The Morgan fingerprint density at radius 3 is 2.92 bits per heavy atom. The van der Waals surface area contributed by atoms with Crippen LogP contribution in [0.25, 0.3) is 0 Å². The molecule has 1 saturated heterocycles. The van der Waals surface area contributed by atoms with Crippen molar-refractivity contribution in [2.24, 2.45) is 23.2 Å². The molecule has 140 valence electrons. The van der Waals surface area contributed by atoms with Gasteiger partial charge >= 0.3 is 5.97 Å². The van der Waals surface area contributed by atoms with Gasteiger partial charge in [-0.3, -0.25) is 4.79 Å². The lowest BCUT2D eigenvalue weighted by atomic mass is 9.55. The van der Waals surface area contributed by atoms with Crippen LogP contribution in [0.4, 0.5) is 0 Å². The maximum Gasteiger partial charge on any atom is 0.310 e. The summed E-state index contributed by atoms with van der Waals surface area (Å²) in [4.78, 5) is 12.5. The van der Waals surface area contributed by atoms with Crippen molar-refractivity contribution < 1.29 is 9.53 Å². The van der Waals surface area contributed by atoms with E-state index in [1.165, 1.54) is 24.0 Å². The highest BCUT2D eigenvalue weighted by Crippen LogP contribution is 2.56. The standard InChI is InChI=1S/C23H31NO2/c1-16-7-6-11-23(2)14-21-18(13-20(16)23)19(22(25)26-21)15-24-12-10-17-8-4-3-5-9-17/h3-5,8-9,18-21,24H,1,6-7,10-15H2,2H3/t18-,19-,20-,21-,23-/m1/s1. The van der Waals surface area contributed by atoms with E-state index in [4.69, 9.17) is 4.74 Å². The van der Waals surface area contributed by atoms with Gasteiger partial charge in [-0.15, -0.1) is 0 Å². The summed E-state index contributed by atoms with van der Waals surface area (Å²) in [5.41, 5.74) is 3.03. The van der Waals surface area contributed by atoms with Gasteiger partial charge in [-0.1, -0.05) is 49.4 Å². The van der Waals surface area contributed by atoms with Gasteiger partial charge in [-0.25, -0.2) is 0 Å². The van der Waals surface area contributed by atoms with E-state index in [-0.39, 0.29) is 23.4 Å². The van der Waals surface area contributed by atoms with Crippen molar-refractivity contribution in [1.82, 2.24) is 5.32 Å². The normalized spacial score (nSPS) is 36.3. The fourth-order valence-electron chi connectivity index (χ4n) is 5.62. The number of benzene rings is 1. The fourth-order valence-corrected chi connectivity index (χ4v) is 5.62. The van der Waals surface area contributed by atoms with Crippen LogP contribution in [0.1, 0.15) is 44.6 Å². The average Bonchev–Trinajstić information content (AvgIpc) is 2.92. The van der Waals surface area contributed by atoms with Crippen LogP contribution in [0.5, 0.6) is 0 Å². The molecule has 0 bridgehead atoms. The first kappa shape index (κ1) is 17.8. The second-order valence-electron chi connectivity index (χ2n) is 8.84. The zero-order valence-corrected chi connectivity index (χ0v) is 15.9. The molecule has 4 rings (SSSR count). The van der Waals surface area contributed by atoms with E-state index >= 15 is 0 Å². The van der Waals surface area contributed by atoms with Gasteiger partial charge < -0.3 is 10.1 Å². The van der Waals surface area contributed by atoms with Crippen LogP contribution in [0.3, 0.4) is 0 Å². The zero-order chi connectivity index (χ0) is 18.1. The Morgan fingerprint density at radius 1 is 1.31 bits per heavy atom. The molecular formula is C23H31NO2.